The molecule has 0 unspecified atom stereocenters. The Labute approximate surface area is 162 Å². The summed E-state index contributed by atoms with van der Waals surface area (Å²) in [6.07, 6.45) is 2.74. The van der Waals surface area contributed by atoms with E-state index in [1.54, 1.807) is 12.1 Å². The molecule has 1 aliphatic heterocycles. The van der Waals surface area contributed by atoms with Gasteiger partial charge in [0.1, 0.15) is 11.6 Å². The molecule has 0 aliphatic carbocycles. The number of aromatic nitrogens is 1. The molecule has 4 nitrogen and oxygen atoms in total. The van der Waals surface area contributed by atoms with E-state index in [0.717, 1.165) is 25.3 Å². The van der Waals surface area contributed by atoms with E-state index in [2.05, 4.69) is 16.0 Å². The van der Waals surface area contributed by atoms with Crippen molar-refractivity contribution in [2.24, 2.45) is 0 Å². The number of anilines is 2. The summed E-state index contributed by atoms with van der Waals surface area (Å²) < 4.78 is 5.93. The van der Waals surface area contributed by atoms with Crippen molar-refractivity contribution in [2.45, 2.75) is 13.0 Å². The molecule has 0 bridgehead atoms. The number of nitrogens with zero attached hydrogens (tertiary/aromatic N) is 2. The summed E-state index contributed by atoms with van der Waals surface area (Å²) in [5, 5.41) is 0.795. The van der Waals surface area contributed by atoms with Crippen molar-refractivity contribution in [1.82, 2.24) is 4.98 Å². The number of nitrogen functional groups attached to an aromatic ring is 1. The van der Waals surface area contributed by atoms with Crippen LogP contribution >= 0.6 is 23.2 Å². The van der Waals surface area contributed by atoms with Gasteiger partial charge in [0, 0.05) is 25.0 Å². The fraction of sp³-hybridized carbons (Fsp3) is 0.150. The van der Waals surface area contributed by atoms with Crippen molar-refractivity contribution < 1.29 is 4.74 Å². The average Bonchev–Trinajstić information content (AvgIpc) is 2.65. The lowest BCUT2D eigenvalue weighted by atomic mass is 9.99. The van der Waals surface area contributed by atoms with Crippen molar-refractivity contribution in [2.75, 3.05) is 17.2 Å². The van der Waals surface area contributed by atoms with Crippen molar-refractivity contribution >= 4 is 34.7 Å². The van der Waals surface area contributed by atoms with E-state index < -0.39 is 0 Å². The topological polar surface area (TPSA) is 51.4 Å². The summed E-state index contributed by atoms with van der Waals surface area (Å²) in [6.45, 7) is 1.74. The van der Waals surface area contributed by atoms with Crippen molar-refractivity contribution in [3.8, 4) is 11.5 Å². The Hall–Kier alpha value is -2.43. The molecule has 6 heteroatoms. The highest BCUT2D eigenvalue weighted by molar-refractivity contribution is 6.37. The third-order valence-corrected chi connectivity index (χ3v) is 4.97. The molecule has 0 spiro atoms. The Kier molecular flexibility index (Phi) is 4.62. The smallest absolute Gasteiger partial charge is 0.164 e. The second-order valence-electron chi connectivity index (χ2n) is 6.21. The number of hydrogen-bond donors (Lipinski definition) is 1. The predicted octanol–water partition coefficient (Wildman–Crippen LogP) is 5.33. The maximum Gasteiger partial charge on any atom is 0.164 e. The van der Waals surface area contributed by atoms with Crippen molar-refractivity contribution in [1.29, 1.82) is 0 Å². The number of benzene rings is 2. The zero-order valence-electron chi connectivity index (χ0n) is 14.0. The second kappa shape index (κ2) is 7.06. The van der Waals surface area contributed by atoms with Crippen molar-refractivity contribution in [3.05, 3.63) is 75.9 Å². The van der Waals surface area contributed by atoms with Gasteiger partial charge < -0.3 is 15.4 Å². The normalized spacial score (nSPS) is 13.4. The number of nitrogens with two attached hydrogens (primary N) is 1. The zero-order valence-corrected chi connectivity index (χ0v) is 15.5. The van der Waals surface area contributed by atoms with Crippen LogP contribution in [0.5, 0.6) is 11.5 Å². The molecule has 2 N–H and O–H groups in total. The van der Waals surface area contributed by atoms with E-state index in [-0.39, 0.29) is 0 Å². The van der Waals surface area contributed by atoms with Crippen LogP contribution in [0.15, 0.2) is 54.7 Å². The van der Waals surface area contributed by atoms with E-state index in [0.29, 0.717) is 27.2 Å². The molecule has 0 amide bonds. The van der Waals surface area contributed by atoms with Gasteiger partial charge in [0.05, 0.1) is 10.0 Å². The Bertz CT molecular complexity index is 924. The van der Waals surface area contributed by atoms with Gasteiger partial charge in [-0.1, -0.05) is 35.3 Å². The molecular formula is C20H17Cl2N3O. The van der Waals surface area contributed by atoms with E-state index in [9.17, 15) is 0 Å². The van der Waals surface area contributed by atoms with E-state index in [4.69, 9.17) is 33.7 Å². The first kappa shape index (κ1) is 17.0. The summed E-state index contributed by atoms with van der Waals surface area (Å²) in [5.41, 5.74) is 8.78. The van der Waals surface area contributed by atoms with Gasteiger partial charge >= 0.3 is 0 Å². The molecule has 1 aliphatic rings. The number of pyridine rings is 1. The molecule has 1 aromatic heterocycles. The maximum atomic E-state index is 6.21. The SMILES string of the molecule is Nc1cc(Cl)c(Oc2ccc3c(c2)CCN(c2ccccn2)C3)c(Cl)c1. The molecule has 3 aromatic rings. The minimum atomic E-state index is 0.397. The summed E-state index contributed by atoms with van der Waals surface area (Å²) in [6, 6.07) is 15.3. The van der Waals surface area contributed by atoms with Gasteiger partial charge in [-0.3, -0.25) is 0 Å². The first-order valence-corrected chi connectivity index (χ1v) is 9.06. The van der Waals surface area contributed by atoms with Crippen LogP contribution in [0.2, 0.25) is 10.0 Å². The zero-order chi connectivity index (χ0) is 18.1. The van der Waals surface area contributed by atoms with Crippen LogP contribution in [-0.2, 0) is 13.0 Å². The molecule has 0 saturated heterocycles. The van der Waals surface area contributed by atoms with Gasteiger partial charge in [-0.25, -0.2) is 4.98 Å². The van der Waals surface area contributed by atoms with Gasteiger partial charge in [-0.2, -0.15) is 0 Å². The third kappa shape index (κ3) is 3.43. The maximum absolute atomic E-state index is 6.21. The molecule has 26 heavy (non-hydrogen) atoms. The van der Waals surface area contributed by atoms with E-state index in [1.807, 2.05) is 36.5 Å². The highest BCUT2D eigenvalue weighted by Crippen LogP contribution is 2.39. The summed E-state index contributed by atoms with van der Waals surface area (Å²) in [7, 11) is 0. The minimum absolute atomic E-state index is 0.397. The van der Waals surface area contributed by atoms with Crippen LogP contribution in [0, 0.1) is 0 Å². The summed E-state index contributed by atoms with van der Waals surface area (Å²) in [5.74, 6) is 2.14. The van der Waals surface area contributed by atoms with Gasteiger partial charge in [0.15, 0.2) is 5.75 Å². The Morgan fingerprint density at radius 3 is 2.54 bits per heavy atom. The quantitative estimate of drug-likeness (QED) is 0.619. The average molecular weight is 386 g/mol. The standard InChI is InChI=1S/C20H17Cl2N3O/c21-17-10-15(23)11-18(22)20(17)26-16-5-4-14-12-25(8-6-13(14)9-16)19-3-1-2-7-24-19/h1-5,7,9-11H,6,8,12,23H2. The molecule has 2 aromatic carbocycles. The number of fused-ring (bicyclic) bond motifs is 1. The van der Waals surface area contributed by atoms with Gasteiger partial charge in [-0.05, 0) is 53.9 Å². The fourth-order valence-electron chi connectivity index (χ4n) is 3.12. The molecule has 0 saturated carbocycles. The molecule has 4 rings (SSSR count). The van der Waals surface area contributed by atoms with Crippen LogP contribution in [0.25, 0.3) is 0 Å². The Balaban J connectivity index is 1.56. The Morgan fingerprint density at radius 2 is 1.81 bits per heavy atom. The number of hydrogen-bond acceptors (Lipinski definition) is 4. The molecule has 0 radical (unpaired) electrons. The van der Waals surface area contributed by atoms with Crippen molar-refractivity contribution in [3.63, 3.8) is 0 Å². The highest BCUT2D eigenvalue weighted by Gasteiger charge is 2.18. The highest BCUT2D eigenvalue weighted by atomic mass is 35.5. The monoisotopic (exact) mass is 385 g/mol. The molecule has 0 fully saturated rings. The minimum Gasteiger partial charge on any atom is -0.454 e. The molecule has 0 atom stereocenters. The lowest BCUT2D eigenvalue weighted by Crippen LogP contribution is -2.30. The molecule has 132 valence electrons. The number of ether oxygens (including phenoxy) is 1. The fourth-order valence-corrected chi connectivity index (χ4v) is 3.71. The van der Waals surface area contributed by atoms with Gasteiger partial charge in [0.2, 0.25) is 0 Å². The molecule has 2 heterocycles. The Morgan fingerprint density at radius 1 is 1.00 bits per heavy atom. The third-order valence-electron chi connectivity index (χ3n) is 4.40. The lowest BCUT2D eigenvalue weighted by molar-refractivity contribution is 0.481. The van der Waals surface area contributed by atoms with Crippen LogP contribution in [0.1, 0.15) is 11.1 Å². The van der Waals surface area contributed by atoms with E-state index >= 15 is 0 Å². The first-order chi connectivity index (χ1) is 12.6. The van der Waals surface area contributed by atoms with Crippen LogP contribution in [-0.4, -0.2) is 11.5 Å². The van der Waals surface area contributed by atoms with Gasteiger partial charge in [-0.15, -0.1) is 0 Å². The first-order valence-electron chi connectivity index (χ1n) is 8.30. The van der Waals surface area contributed by atoms with E-state index in [1.165, 1.54) is 11.1 Å². The van der Waals surface area contributed by atoms with Crippen LogP contribution < -0.4 is 15.4 Å². The largest absolute Gasteiger partial charge is 0.454 e. The lowest BCUT2D eigenvalue weighted by Gasteiger charge is -2.30. The van der Waals surface area contributed by atoms with Crippen LogP contribution in [0.3, 0.4) is 0 Å². The molecular weight excluding hydrogens is 369 g/mol. The predicted molar refractivity (Wildman–Crippen MR) is 106 cm³/mol. The number of halogens is 2. The van der Waals surface area contributed by atoms with Gasteiger partial charge in [0.25, 0.3) is 0 Å². The second-order valence-corrected chi connectivity index (χ2v) is 7.02. The van der Waals surface area contributed by atoms with Crippen LogP contribution in [0.4, 0.5) is 11.5 Å². The summed E-state index contributed by atoms with van der Waals surface area (Å²) in [4.78, 5) is 6.71. The number of rotatable bonds is 3. The summed E-state index contributed by atoms with van der Waals surface area (Å²) >= 11 is 12.4.